The SMILES string of the molecule is O=[N+]([O-])c1ccc(N2CCN(C3CCOCC3)CC2C(F)(F)F)cc1. The summed E-state index contributed by atoms with van der Waals surface area (Å²) in [4.78, 5) is 13.4. The van der Waals surface area contributed by atoms with Crippen LogP contribution in [0.4, 0.5) is 24.5 Å². The Bertz CT molecular complexity index is 603. The third kappa shape index (κ3) is 4.04. The Morgan fingerprint density at radius 3 is 2.32 bits per heavy atom. The van der Waals surface area contributed by atoms with E-state index in [-0.39, 0.29) is 24.8 Å². The van der Waals surface area contributed by atoms with Gasteiger partial charge >= 0.3 is 6.18 Å². The first kappa shape index (κ1) is 17.9. The van der Waals surface area contributed by atoms with Crippen molar-refractivity contribution >= 4 is 11.4 Å². The number of halogens is 3. The number of non-ortho nitro benzene ring substituents is 1. The van der Waals surface area contributed by atoms with Crippen molar-refractivity contribution in [2.75, 3.05) is 37.7 Å². The van der Waals surface area contributed by atoms with Gasteiger partial charge < -0.3 is 9.64 Å². The minimum absolute atomic E-state index is 0.0921. The molecule has 2 heterocycles. The normalized spacial score (nSPS) is 23.6. The first-order valence-electron chi connectivity index (χ1n) is 8.26. The molecule has 0 radical (unpaired) electrons. The first-order valence-corrected chi connectivity index (χ1v) is 8.26. The molecule has 0 saturated carbocycles. The summed E-state index contributed by atoms with van der Waals surface area (Å²) in [5.41, 5.74) is 0.229. The van der Waals surface area contributed by atoms with Crippen molar-refractivity contribution in [3.8, 4) is 0 Å². The van der Waals surface area contributed by atoms with Gasteiger partial charge in [0.05, 0.1) is 4.92 Å². The Hall–Kier alpha value is -1.87. The maximum Gasteiger partial charge on any atom is 0.409 e. The summed E-state index contributed by atoms with van der Waals surface area (Å²) in [6.07, 6.45) is -2.87. The zero-order chi connectivity index (χ0) is 18.0. The van der Waals surface area contributed by atoms with Crippen LogP contribution in [-0.2, 0) is 4.74 Å². The molecule has 0 aliphatic carbocycles. The van der Waals surface area contributed by atoms with Gasteiger partial charge in [-0.2, -0.15) is 13.2 Å². The summed E-state index contributed by atoms with van der Waals surface area (Å²) in [7, 11) is 0. The van der Waals surface area contributed by atoms with Crippen molar-refractivity contribution in [1.29, 1.82) is 0 Å². The highest BCUT2D eigenvalue weighted by atomic mass is 19.4. The molecule has 1 unspecified atom stereocenters. The quantitative estimate of drug-likeness (QED) is 0.614. The Balaban J connectivity index is 1.78. The lowest BCUT2D eigenvalue weighted by Gasteiger charge is -2.46. The minimum Gasteiger partial charge on any atom is -0.381 e. The lowest BCUT2D eigenvalue weighted by atomic mass is 10.0. The fraction of sp³-hybridized carbons (Fsp3) is 0.625. The molecule has 9 heteroatoms. The number of piperazine rings is 1. The van der Waals surface area contributed by atoms with Gasteiger partial charge in [-0.05, 0) is 25.0 Å². The Labute approximate surface area is 143 Å². The molecule has 2 aliphatic rings. The number of rotatable bonds is 3. The molecule has 6 nitrogen and oxygen atoms in total. The number of nitro benzene ring substituents is 1. The van der Waals surface area contributed by atoms with E-state index >= 15 is 0 Å². The molecule has 25 heavy (non-hydrogen) atoms. The van der Waals surface area contributed by atoms with Crippen molar-refractivity contribution < 1.29 is 22.8 Å². The van der Waals surface area contributed by atoms with Crippen molar-refractivity contribution in [3.05, 3.63) is 34.4 Å². The van der Waals surface area contributed by atoms with Gasteiger partial charge in [-0.3, -0.25) is 15.0 Å². The predicted octanol–water partition coefficient (Wildman–Crippen LogP) is 2.83. The topological polar surface area (TPSA) is 58.9 Å². The van der Waals surface area contributed by atoms with Crippen molar-refractivity contribution in [2.45, 2.75) is 31.1 Å². The largest absolute Gasteiger partial charge is 0.409 e. The van der Waals surface area contributed by atoms with Crippen LogP contribution in [0.5, 0.6) is 0 Å². The second-order valence-corrected chi connectivity index (χ2v) is 6.36. The van der Waals surface area contributed by atoms with Crippen LogP contribution in [0, 0.1) is 10.1 Å². The molecule has 3 rings (SSSR count). The molecule has 2 aliphatic heterocycles. The average Bonchev–Trinajstić information content (AvgIpc) is 2.61. The maximum absolute atomic E-state index is 13.6. The van der Waals surface area contributed by atoms with Crippen LogP contribution in [0.1, 0.15) is 12.8 Å². The molecular weight excluding hydrogens is 339 g/mol. The summed E-state index contributed by atoms with van der Waals surface area (Å²) in [6.45, 7) is 1.85. The molecule has 0 spiro atoms. The molecular formula is C16H20F3N3O3. The maximum atomic E-state index is 13.6. The number of nitrogens with zero attached hydrogens (tertiary/aromatic N) is 3. The van der Waals surface area contributed by atoms with E-state index in [2.05, 4.69) is 0 Å². The molecule has 1 aromatic rings. The summed E-state index contributed by atoms with van der Waals surface area (Å²) in [5, 5.41) is 10.7. The first-order chi connectivity index (χ1) is 11.9. The second kappa shape index (κ2) is 7.17. The van der Waals surface area contributed by atoms with E-state index < -0.39 is 17.1 Å². The Morgan fingerprint density at radius 2 is 1.76 bits per heavy atom. The zero-order valence-corrected chi connectivity index (χ0v) is 13.6. The summed E-state index contributed by atoms with van der Waals surface area (Å²) < 4.78 is 46.2. The van der Waals surface area contributed by atoms with Crippen LogP contribution in [0.15, 0.2) is 24.3 Å². The molecule has 0 bridgehead atoms. The van der Waals surface area contributed by atoms with Crippen LogP contribution in [0.25, 0.3) is 0 Å². The number of alkyl halides is 3. The zero-order valence-electron chi connectivity index (χ0n) is 13.6. The van der Waals surface area contributed by atoms with E-state index in [1.165, 1.54) is 29.2 Å². The van der Waals surface area contributed by atoms with Crippen LogP contribution in [0.3, 0.4) is 0 Å². The smallest absolute Gasteiger partial charge is 0.381 e. The van der Waals surface area contributed by atoms with E-state index in [1.807, 2.05) is 4.90 Å². The monoisotopic (exact) mass is 359 g/mol. The van der Waals surface area contributed by atoms with Crippen LogP contribution < -0.4 is 4.90 Å². The Kier molecular flexibility index (Phi) is 5.14. The van der Waals surface area contributed by atoms with E-state index in [1.54, 1.807) is 0 Å². The van der Waals surface area contributed by atoms with Gasteiger partial charge in [-0.1, -0.05) is 0 Å². The van der Waals surface area contributed by atoms with Gasteiger partial charge in [0.25, 0.3) is 5.69 Å². The average molecular weight is 359 g/mol. The predicted molar refractivity (Wildman–Crippen MR) is 85.7 cm³/mol. The van der Waals surface area contributed by atoms with Crippen molar-refractivity contribution in [1.82, 2.24) is 4.90 Å². The van der Waals surface area contributed by atoms with Gasteiger partial charge in [-0.25, -0.2) is 0 Å². The highest BCUT2D eigenvalue weighted by Gasteiger charge is 2.47. The molecule has 0 N–H and O–H groups in total. The third-order valence-electron chi connectivity index (χ3n) is 4.89. The highest BCUT2D eigenvalue weighted by molar-refractivity contribution is 5.52. The molecule has 0 aromatic heterocycles. The lowest BCUT2D eigenvalue weighted by molar-refractivity contribution is -0.384. The second-order valence-electron chi connectivity index (χ2n) is 6.36. The molecule has 0 amide bonds. The number of hydrogen-bond donors (Lipinski definition) is 0. The highest BCUT2D eigenvalue weighted by Crippen LogP contribution is 2.33. The van der Waals surface area contributed by atoms with E-state index in [0.29, 0.717) is 25.4 Å². The summed E-state index contributed by atoms with van der Waals surface area (Å²) >= 11 is 0. The molecule has 2 fully saturated rings. The Morgan fingerprint density at radius 1 is 1.12 bits per heavy atom. The molecule has 2 saturated heterocycles. The van der Waals surface area contributed by atoms with Crippen molar-refractivity contribution in [2.24, 2.45) is 0 Å². The number of anilines is 1. The summed E-state index contributed by atoms with van der Waals surface area (Å²) in [6, 6.07) is 3.77. The van der Waals surface area contributed by atoms with Crippen LogP contribution in [-0.4, -0.2) is 60.9 Å². The molecule has 1 aromatic carbocycles. The van der Waals surface area contributed by atoms with Gasteiger partial charge in [-0.15, -0.1) is 0 Å². The molecule has 138 valence electrons. The fourth-order valence-electron chi connectivity index (χ4n) is 3.54. The van der Waals surface area contributed by atoms with Gasteiger partial charge in [0.2, 0.25) is 0 Å². The minimum atomic E-state index is -4.37. The fourth-order valence-corrected chi connectivity index (χ4v) is 3.54. The van der Waals surface area contributed by atoms with E-state index in [9.17, 15) is 23.3 Å². The van der Waals surface area contributed by atoms with E-state index in [0.717, 1.165) is 12.8 Å². The number of nitro groups is 1. The lowest BCUT2D eigenvalue weighted by Crippen LogP contribution is -2.61. The number of hydrogen-bond acceptors (Lipinski definition) is 5. The van der Waals surface area contributed by atoms with E-state index in [4.69, 9.17) is 4.74 Å². The third-order valence-corrected chi connectivity index (χ3v) is 4.89. The van der Waals surface area contributed by atoms with Crippen molar-refractivity contribution in [3.63, 3.8) is 0 Å². The number of ether oxygens (including phenoxy) is 1. The van der Waals surface area contributed by atoms with Crippen LogP contribution in [0.2, 0.25) is 0 Å². The standard InChI is InChI=1S/C16H20F3N3O3/c17-16(18,19)15-11-20(12-5-9-25-10-6-12)7-8-21(15)13-1-3-14(4-2-13)22(23)24/h1-4,12,15H,5-11H2. The summed E-state index contributed by atoms with van der Waals surface area (Å²) in [5.74, 6) is 0. The van der Waals surface area contributed by atoms with Gasteiger partial charge in [0, 0.05) is 56.7 Å². The molecule has 1 atom stereocenters. The number of benzene rings is 1. The van der Waals surface area contributed by atoms with Crippen LogP contribution >= 0.6 is 0 Å². The van der Waals surface area contributed by atoms with Gasteiger partial charge in [0.1, 0.15) is 6.04 Å². The van der Waals surface area contributed by atoms with Gasteiger partial charge in [0.15, 0.2) is 0 Å².